The molecule has 1 fully saturated rings. The lowest BCUT2D eigenvalue weighted by Gasteiger charge is -2.29. The van der Waals surface area contributed by atoms with Crippen molar-refractivity contribution in [1.82, 2.24) is 14.9 Å². The van der Waals surface area contributed by atoms with Gasteiger partial charge in [0.15, 0.2) is 5.11 Å². The van der Waals surface area contributed by atoms with Crippen molar-refractivity contribution in [3.63, 3.8) is 0 Å². The van der Waals surface area contributed by atoms with Gasteiger partial charge in [0, 0.05) is 23.7 Å². The molecule has 0 amide bonds. The van der Waals surface area contributed by atoms with E-state index in [-0.39, 0.29) is 17.6 Å². The van der Waals surface area contributed by atoms with Gasteiger partial charge >= 0.3 is 5.97 Å². The van der Waals surface area contributed by atoms with E-state index in [1.807, 2.05) is 71.8 Å². The lowest BCUT2D eigenvalue weighted by molar-refractivity contribution is 0.0697. The number of thiocarbonyl (C=S) groups is 1. The van der Waals surface area contributed by atoms with Crippen LogP contribution in [0.4, 0.5) is 5.69 Å². The third-order valence-corrected chi connectivity index (χ3v) is 7.22. The van der Waals surface area contributed by atoms with E-state index in [1.165, 1.54) is 0 Å². The number of nitrogens with one attached hydrogen (secondary N) is 1. The molecule has 2 aromatic heterocycles. The first-order valence-electron chi connectivity index (χ1n) is 12.1. The first-order valence-corrected chi connectivity index (χ1v) is 12.5. The zero-order valence-corrected chi connectivity index (χ0v) is 22.3. The summed E-state index contributed by atoms with van der Waals surface area (Å²) in [5, 5.41) is 13.9. The van der Waals surface area contributed by atoms with Gasteiger partial charge in [0.25, 0.3) is 0 Å². The Labute approximate surface area is 226 Å². The molecule has 1 aliphatic rings. The summed E-state index contributed by atoms with van der Waals surface area (Å²) in [4.78, 5) is 18.7. The fourth-order valence-electron chi connectivity index (χ4n) is 5.22. The number of aromatic nitrogens is 2. The smallest absolute Gasteiger partial charge is 0.337 e. The van der Waals surface area contributed by atoms with Gasteiger partial charge in [-0.1, -0.05) is 18.2 Å². The monoisotopic (exact) mass is 528 g/mol. The predicted molar refractivity (Wildman–Crippen MR) is 150 cm³/mol. The highest BCUT2D eigenvalue weighted by molar-refractivity contribution is 7.80. The summed E-state index contributed by atoms with van der Waals surface area (Å²) in [6.07, 6.45) is 1.76. The van der Waals surface area contributed by atoms with Gasteiger partial charge in [-0.3, -0.25) is 4.98 Å². The molecule has 9 heteroatoms. The fraction of sp³-hybridized carbons (Fsp3) is 0.207. The van der Waals surface area contributed by atoms with Crippen LogP contribution in [0.2, 0.25) is 0 Å². The number of hydrogen-bond donors (Lipinski definition) is 2. The molecule has 3 heterocycles. The molecular formula is C29H28N4O4S. The zero-order valence-electron chi connectivity index (χ0n) is 21.5. The summed E-state index contributed by atoms with van der Waals surface area (Å²) in [5.74, 6) is 0.310. The average molecular weight is 529 g/mol. The van der Waals surface area contributed by atoms with Crippen LogP contribution in [-0.2, 0) is 0 Å². The van der Waals surface area contributed by atoms with Gasteiger partial charge in [-0.25, -0.2) is 4.79 Å². The number of rotatable bonds is 7. The van der Waals surface area contributed by atoms with E-state index in [4.69, 9.17) is 21.7 Å². The Kier molecular flexibility index (Phi) is 6.77. The van der Waals surface area contributed by atoms with Crippen molar-refractivity contribution < 1.29 is 19.4 Å². The largest absolute Gasteiger partial charge is 0.497 e. The van der Waals surface area contributed by atoms with E-state index < -0.39 is 5.97 Å². The SMILES string of the molecule is COc1ccc(N2C(=S)NC(c3ccccn3)C2c2cc(C)n(-c3ccccc3C(=O)O)c2C)c(OC)c1. The number of carbonyl (C=O) groups is 1. The van der Waals surface area contributed by atoms with Gasteiger partial charge in [0.05, 0.1) is 48.9 Å². The minimum Gasteiger partial charge on any atom is -0.497 e. The summed E-state index contributed by atoms with van der Waals surface area (Å²) < 4.78 is 13.1. The number of aromatic carboxylic acids is 1. The standard InChI is InChI=1S/C29H28N4O4S/c1-17-15-21(18(2)32(17)23-11-6-5-9-20(23)28(34)35)27-26(22-10-7-8-14-30-22)31-29(38)33(27)24-13-12-19(36-3)16-25(24)37-4/h5-16,26-27H,1-4H3,(H,31,38)(H,34,35). The van der Waals surface area contributed by atoms with Crippen LogP contribution < -0.4 is 19.7 Å². The quantitative estimate of drug-likeness (QED) is 0.309. The number of aryl methyl sites for hydroxylation is 1. The van der Waals surface area contributed by atoms with Crippen molar-refractivity contribution in [2.45, 2.75) is 25.9 Å². The first-order chi connectivity index (χ1) is 18.3. The van der Waals surface area contributed by atoms with E-state index >= 15 is 0 Å². The summed E-state index contributed by atoms with van der Waals surface area (Å²) in [6, 6.07) is 20.0. The third kappa shape index (κ3) is 4.24. The Bertz CT molecular complexity index is 1520. The van der Waals surface area contributed by atoms with Gasteiger partial charge in [-0.05, 0) is 74.1 Å². The molecule has 194 valence electrons. The maximum Gasteiger partial charge on any atom is 0.337 e. The highest BCUT2D eigenvalue weighted by Gasteiger charge is 2.43. The van der Waals surface area contributed by atoms with Gasteiger partial charge in [0.2, 0.25) is 0 Å². The van der Waals surface area contributed by atoms with Crippen LogP contribution in [0.25, 0.3) is 5.69 Å². The Morgan fingerprint density at radius 3 is 2.45 bits per heavy atom. The molecule has 0 aliphatic carbocycles. The molecule has 38 heavy (non-hydrogen) atoms. The Balaban J connectivity index is 1.72. The van der Waals surface area contributed by atoms with E-state index in [0.29, 0.717) is 22.3 Å². The summed E-state index contributed by atoms with van der Waals surface area (Å²) in [6.45, 7) is 3.98. The molecule has 2 unspecified atom stereocenters. The highest BCUT2D eigenvalue weighted by Crippen LogP contribution is 2.46. The van der Waals surface area contributed by atoms with Gasteiger partial charge in [-0.2, -0.15) is 0 Å². The van der Waals surface area contributed by atoms with Crippen LogP contribution in [0.1, 0.15) is 45.1 Å². The molecular weight excluding hydrogens is 500 g/mol. The number of carboxylic acids is 1. The summed E-state index contributed by atoms with van der Waals surface area (Å²) >= 11 is 5.89. The molecule has 0 radical (unpaired) electrons. The Morgan fingerprint density at radius 1 is 1.00 bits per heavy atom. The molecule has 8 nitrogen and oxygen atoms in total. The van der Waals surface area contributed by atoms with Crippen molar-refractivity contribution >= 4 is 29.0 Å². The van der Waals surface area contributed by atoms with Crippen molar-refractivity contribution in [2.24, 2.45) is 0 Å². The topological polar surface area (TPSA) is 88.9 Å². The van der Waals surface area contributed by atoms with Gasteiger partial charge < -0.3 is 29.4 Å². The molecule has 2 aromatic carbocycles. The number of anilines is 1. The number of methoxy groups -OCH3 is 2. The van der Waals surface area contributed by atoms with E-state index in [2.05, 4.69) is 16.4 Å². The minimum atomic E-state index is -0.977. The van der Waals surface area contributed by atoms with Gasteiger partial charge in [0.1, 0.15) is 11.5 Å². The van der Waals surface area contributed by atoms with Crippen molar-refractivity contribution in [3.8, 4) is 17.2 Å². The van der Waals surface area contributed by atoms with Crippen LogP contribution in [0, 0.1) is 13.8 Å². The molecule has 2 atom stereocenters. The second-order valence-corrected chi connectivity index (χ2v) is 9.41. The number of para-hydroxylation sites is 1. The number of pyridine rings is 1. The van der Waals surface area contributed by atoms with E-state index in [0.717, 1.165) is 28.3 Å². The molecule has 5 rings (SSSR count). The van der Waals surface area contributed by atoms with Crippen molar-refractivity contribution in [3.05, 3.63) is 101 Å². The molecule has 1 saturated heterocycles. The van der Waals surface area contributed by atoms with Crippen molar-refractivity contribution in [2.75, 3.05) is 19.1 Å². The number of hydrogen-bond acceptors (Lipinski definition) is 5. The summed E-state index contributed by atoms with van der Waals surface area (Å²) in [7, 11) is 3.23. The number of benzene rings is 2. The molecule has 4 aromatic rings. The second kappa shape index (κ2) is 10.2. The van der Waals surface area contributed by atoms with Crippen LogP contribution >= 0.6 is 12.2 Å². The second-order valence-electron chi connectivity index (χ2n) is 9.02. The van der Waals surface area contributed by atoms with Crippen LogP contribution in [0.15, 0.2) is 72.9 Å². The number of ether oxygens (including phenoxy) is 2. The molecule has 0 bridgehead atoms. The number of nitrogens with zero attached hydrogens (tertiary/aromatic N) is 3. The van der Waals surface area contributed by atoms with Crippen LogP contribution in [0.3, 0.4) is 0 Å². The zero-order chi connectivity index (χ0) is 27.0. The number of carboxylic acid groups (broad SMARTS) is 1. The highest BCUT2D eigenvalue weighted by atomic mass is 32.1. The lowest BCUT2D eigenvalue weighted by atomic mass is 9.96. The van der Waals surface area contributed by atoms with Crippen molar-refractivity contribution in [1.29, 1.82) is 0 Å². The predicted octanol–water partition coefficient (Wildman–Crippen LogP) is 5.38. The summed E-state index contributed by atoms with van der Waals surface area (Å²) in [5.41, 5.74) is 5.27. The minimum absolute atomic E-state index is 0.232. The fourth-order valence-corrected chi connectivity index (χ4v) is 5.56. The van der Waals surface area contributed by atoms with E-state index in [1.54, 1.807) is 32.5 Å². The third-order valence-electron chi connectivity index (χ3n) is 6.91. The van der Waals surface area contributed by atoms with E-state index in [9.17, 15) is 9.90 Å². The Morgan fingerprint density at radius 2 is 1.76 bits per heavy atom. The Hall–Kier alpha value is -4.37. The molecule has 1 aliphatic heterocycles. The first kappa shape index (κ1) is 25.3. The van der Waals surface area contributed by atoms with Crippen LogP contribution in [-0.4, -0.2) is 40.0 Å². The average Bonchev–Trinajstić information content (AvgIpc) is 3.43. The molecule has 2 N–H and O–H groups in total. The molecule has 0 spiro atoms. The lowest BCUT2D eigenvalue weighted by Crippen LogP contribution is -2.30. The maximum atomic E-state index is 12.0. The normalized spacial score (nSPS) is 16.8. The molecule has 0 saturated carbocycles. The van der Waals surface area contributed by atoms with Gasteiger partial charge in [-0.15, -0.1) is 0 Å². The van der Waals surface area contributed by atoms with Crippen LogP contribution in [0.5, 0.6) is 11.5 Å². The maximum absolute atomic E-state index is 12.0.